The van der Waals surface area contributed by atoms with E-state index in [1.807, 2.05) is 31.2 Å². The van der Waals surface area contributed by atoms with E-state index in [0.717, 1.165) is 17.7 Å². The van der Waals surface area contributed by atoms with Crippen molar-refractivity contribution in [2.75, 3.05) is 5.32 Å². The lowest BCUT2D eigenvalue weighted by Crippen LogP contribution is -2.21. The topological polar surface area (TPSA) is 109 Å². The number of ketones is 1. The van der Waals surface area contributed by atoms with E-state index in [-0.39, 0.29) is 23.5 Å². The van der Waals surface area contributed by atoms with Gasteiger partial charge in [-0.1, -0.05) is 19.1 Å². The number of nitrogens with one attached hydrogen (secondary N) is 1. The van der Waals surface area contributed by atoms with Crippen LogP contribution < -0.4 is 11.1 Å². The molecule has 144 valence electrons. The molecule has 1 saturated carbocycles. The van der Waals surface area contributed by atoms with E-state index in [2.05, 4.69) is 5.32 Å². The van der Waals surface area contributed by atoms with Gasteiger partial charge in [-0.2, -0.15) is 13.2 Å². The number of aliphatic carboxylic acids is 1. The molecule has 4 N–H and O–H groups in total. The molecule has 0 aliphatic heterocycles. The number of benzene rings is 1. The number of nitrogens with two attached hydrogens (primary N) is 1. The maximum absolute atomic E-state index is 11.9. The van der Waals surface area contributed by atoms with Crippen molar-refractivity contribution >= 4 is 23.3 Å². The highest BCUT2D eigenvalue weighted by molar-refractivity contribution is 5.92. The summed E-state index contributed by atoms with van der Waals surface area (Å²) in [4.78, 5) is 32.3. The van der Waals surface area contributed by atoms with Crippen LogP contribution in [0.5, 0.6) is 0 Å². The van der Waals surface area contributed by atoms with Crippen LogP contribution >= 0.6 is 0 Å². The molecule has 1 fully saturated rings. The number of anilines is 1. The normalized spacial score (nSPS) is 19.5. The van der Waals surface area contributed by atoms with Gasteiger partial charge in [-0.15, -0.1) is 0 Å². The molecule has 0 aromatic heterocycles. The number of Topliss-reactive ketones (excluding diaryl/α,β-unsaturated/α-hetero) is 1. The van der Waals surface area contributed by atoms with Gasteiger partial charge in [0.15, 0.2) is 0 Å². The summed E-state index contributed by atoms with van der Waals surface area (Å²) >= 11 is 0. The Kier molecular flexibility index (Phi) is 7.76. The molecule has 26 heavy (non-hydrogen) atoms. The number of rotatable bonds is 4. The molecule has 2 rings (SSSR count). The minimum absolute atomic E-state index is 0.0189. The van der Waals surface area contributed by atoms with Crippen molar-refractivity contribution in [2.45, 2.75) is 38.9 Å². The molecule has 1 aromatic carbocycles. The number of hydrogen-bond acceptors (Lipinski definition) is 4. The summed E-state index contributed by atoms with van der Waals surface area (Å²) in [5, 5.41) is 9.99. The Bertz CT molecular complexity index is 644. The smallest absolute Gasteiger partial charge is 0.475 e. The zero-order chi connectivity index (χ0) is 19.9. The standard InChI is InChI=1S/C15H20N2O2.C2HF3O2/c1-10-12(4-7-14(10)18)8-15(19)17-13-5-2-11(9-16)3-6-13;3-2(4,5)1(6)7/h2-3,5-6,10,12H,4,7-9,16H2,1H3,(H,17,19);(H,6,7). The van der Waals surface area contributed by atoms with Gasteiger partial charge in [-0.3, -0.25) is 9.59 Å². The first-order chi connectivity index (χ1) is 12.0. The van der Waals surface area contributed by atoms with E-state index in [1.165, 1.54) is 0 Å². The number of carboxylic acid groups (broad SMARTS) is 1. The fourth-order valence-electron chi connectivity index (χ4n) is 2.52. The van der Waals surface area contributed by atoms with Gasteiger partial charge in [0, 0.05) is 31.0 Å². The van der Waals surface area contributed by atoms with Crippen LogP contribution in [0.1, 0.15) is 31.7 Å². The lowest BCUT2D eigenvalue weighted by atomic mass is 9.94. The molecule has 9 heteroatoms. The van der Waals surface area contributed by atoms with Gasteiger partial charge in [-0.05, 0) is 30.0 Å². The molecular weight excluding hydrogens is 353 g/mol. The van der Waals surface area contributed by atoms with Crippen LogP contribution in [0.4, 0.5) is 18.9 Å². The Morgan fingerprint density at radius 3 is 2.19 bits per heavy atom. The number of hydrogen-bond donors (Lipinski definition) is 3. The molecule has 1 aliphatic carbocycles. The molecule has 6 nitrogen and oxygen atoms in total. The van der Waals surface area contributed by atoms with E-state index in [9.17, 15) is 22.8 Å². The Labute approximate surface area is 148 Å². The average Bonchev–Trinajstić information content (AvgIpc) is 2.87. The van der Waals surface area contributed by atoms with Gasteiger partial charge in [0.1, 0.15) is 5.78 Å². The van der Waals surface area contributed by atoms with E-state index in [1.54, 1.807) is 0 Å². The minimum atomic E-state index is -5.08. The van der Waals surface area contributed by atoms with Crippen molar-refractivity contribution in [2.24, 2.45) is 17.6 Å². The van der Waals surface area contributed by atoms with Crippen LogP contribution in [0.2, 0.25) is 0 Å². The second-order valence-electron chi connectivity index (χ2n) is 6.01. The lowest BCUT2D eigenvalue weighted by Gasteiger charge is -2.13. The van der Waals surface area contributed by atoms with Crippen molar-refractivity contribution in [1.82, 2.24) is 0 Å². The predicted octanol–water partition coefficient (Wildman–Crippen LogP) is 2.72. The van der Waals surface area contributed by atoms with Crippen molar-refractivity contribution in [3.05, 3.63) is 29.8 Å². The first-order valence-corrected chi connectivity index (χ1v) is 7.96. The Morgan fingerprint density at radius 1 is 1.27 bits per heavy atom. The van der Waals surface area contributed by atoms with Gasteiger partial charge in [0.05, 0.1) is 0 Å². The highest BCUT2D eigenvalue weighted by Crippen LogP contribution is 2.31. The van der Waals surface area contributed by atoms with Crippen LogP contribution in [-0.2, 0) is 20.9 Å². The third-order valence-corrected chi connectivity index (χ3v) is 4.14. The predicted molar refractivity (Wildman–Crippen MR) is 88.2 cm³/mol. The van der Waals surface area contributed by atoms with E-state index < -0.39 is 12.1 Å². The number of halogens is 3. The molecule has 0 bridgehead atoms. The fourth-order valence-corrected chi connectivity index (χ4v) is 2.52. The quantitative estimate of drug-likeness (QED) is 0.751. The molecule has 1 amide bonds. The summed E-state index contributed by atoms with van der Waals surface area (Å²) in [6, 6.07) is 7.50. The molecule has 0 saturated heterocycles. The zero-order valence-electron chi connectivity index (χ0n) is 14.2. The number of amides is 1. The van der Waals surface area contributed by atoms with Gasteiger partial charge < -0.3 is 16.2 Å². The third-order valence-electron chi connectivity index (χ3n) is 4.14. The average molecular weight is 374 g/mol. The number of carbonyl (C=O) groups excluding carboxylic acids is 2. The lowest BCUT2D eigenvalue weighted by molar-refractivity contribution is -0.192. The molecule has 0 spiro atoms. The molecular formula is C17H21F3N2O4. The van der Waals surface area contributed by atoms with Gasteiger partial charge in [0.25, 0.3) is 0 Å². The Balaban J connectivity index is 0.000000412. The second-order valence-corrected chi connectivity index (χ2v) is 6.01. The van der Waals surface area contributed by atoms with Gasteiger partial charge in [-0.25, -0.2) is 4.79 Å². The van der Waals surface area contributed by atoms with Crippen LogP contribution in [0.25, 0.3) is 0 Å². The second kappa shape index (κ2) is 9.33. The number of carboxylic acids is 1. The first-order valence-electron chi connectivity index (χ1n) is 7.96. The highest BCUT2D eigenvalue weighted by Gasteiger charge is 2.38. The Hall–Kier alpha value is -2.42. The molecule has 0 heterocycles. The largest absolute Gasteiger partial charge is 0.490 e. The van der Waals surface area contributed by atoms with Crippen molar-refractivity contribution in [3.63, 3.8) is 0 Å². The summed E-state index contributed by atoms with van der Waals surface area (Å²) in [5.41, 5.74) is 7.33. The maximum Gasteiger partial charge on any atom is 0.490 e. The zero-order valence-corrected chi connectivity index (χ0v) is 14.2. The number of alkyl halides is 3. The van der Waals surface area contributed by atoms with E-state index >= 15 is 0 Å². The number of carbonyl (C=O) groups is 3. The summed E-state index contributed by atoms with van der Waals surface area (Å²) < 4.78 is 31.7. The molecule has 1 aromatic rings. The van der Waals surface area contributed by atoms with E-state index in [0.29, 0.717) is 19.4 Å². The highest BCUT2D eigenvalue weighted by atomic mass is 19.4. The first kappa shape index (κ1) is 21.6. The third kappa shape index (κ3) is 6.83. The van der Waals surface area contributed by atoms with E-state index in [4.69, 9.17) is 15.6 Å². The summed E-state index contributed by atoms with van der Waals surface area (Å²) in [5.74, 6) is -2.29. The van der Waals surface area contributed by atoms with Crippen LogP contribution in [-0.4, -0.2) is 28.9 Å². The SMILES string of the molecule is CC1C(=O)CCC1CC(=O)Nc1ccc(CN)cc1.O=C(O)C(F)(F)F. The maximum atomic E-state index is 11.9. The summed E-state index contributed by atoms with van der Waals surface area (Å²) in [6.45, 7) is 2.42. The Morgan fingerprint density at radius 2 is 1.81 bits per heavy atom. The molecule has 0 radical (unpaired) electrons. The monoisotopic (exact) mass is 374 g/mol. The molecule has 2 unspecified atom stereocenters. The van der Waals surface area contributed by atoms with Crippen molar-refractivity contribution in [3.8, 4) is 0 Å². The summed E-state index contributed by atoms with van der Waals surface area (Å²) in [6.07, 6.45) is -3.21. The summed E-state index contributed by atoms with van der Waals surface area (Å²) in [7, 11) is 0. The fraction of sp³-hybridized carbons (Fsp3) is 0.471. The van der Waals surface area contributed by atoms with Crippen LogP contribution in [0.15, 0.2) is 24.3 Å². The molecule has 2 atom stereocenters. The van der Waals surface area contributed by atoms with Crippen molar-refractivity contribution < 1.29 is 32.7 Å². The van der Waals surface area contributed by atoms with Crippen molar-refractivity contribution in [1.29, 1.82) is 0 Å². The van der Waals surface area contributed by atoms with Gasteiger partial charge in [0.2, 0.25) is 5.91 Å². The van der Waals surface area contributed by atoms with Crippen LogP contribution in [0, 0.1) is 11.8 Å². The van der Waals surface area contributed by atoms with Gasteiger partial charge >= 0.3 is 12.1 Å². The minimum Gasteiger partial charge on any atom is -0.475 e. The van der Waals surface area contributed by atoms with Crippen LogP contribution in [0.3, 0.4) is 0 Å². The molecule has 1 aliphatic rings.